The summed E-state index contributed by atoms with van der Waals surface area (Å²) >= 11 is 0. The minimum absolute atomic E-state index is 0.0794. The van der Waals surface area contributed by atoms with Crippen LogP contribution in [0.2, 0.25) is 0 Å². The molecule has 0 radical (unpaired) electrons. The molecule has 1 aromatic carbocycles. The van der Waals surface area contributed by atoms with Gasteiger partial charge in [0.05, 0.1) is 11.7 Å². The van der Waals surface area contributed by atoms with Crippen molar-refractivity contribution in [3.63, 3.8) is 0 Å². The molecule has 0 saturated carbocycles. The number of rotatable bonds is 6. The van der Waals surface area contributed by atoms with Gasteiger partial charge in [-0.1, -0.05) is 43.3 Å². The molecule has 1 aromatic heterocycles. The fourth-order valence-corrected chi connectivity index (χ4v) is 2.24. The molecule has 1 heterocycles. The first-order valence-corrected chi connectivity index (χ1v) is 7.00. The largest absolute Gasteiger partial charge is 0.301 e. The van der Waals surface area contributed by atoms with E-state index in [1.807, 2.05) is 30.5 Å². The van der Waals surface area contributed by atoms with Gasteiger partial charge in [0, 0.05) is 18.7 Å². The van der Waals surface area contributed by atoms with Crippen molar-refractivity contribution in [1.82, 2.24) is 10.3 Å². The summed E-state index contributed by atoms with van der Waals surface area (Å²) in [5.41, 5.74) is 2.23. The molecule has 2 rings (SSSR count). The van der Waals surface area contributed by atoms with Gasteiger partial charge in [0.1, 0.15) is 0 Å². The highest BCUT2D eigenvalue weighted by Gasteiger charge is 2.18. The van der Waals surface area contributed by atoms with E-state index in [9.17, 15) is 0 Å². The van der Waals surface area contributed by atoms with Gasteiger partial charge >= 0.3 is 0 Å². The standard InChI is InChI=1S/C18H20N2/c1-3-10-16(4-2)20-18(15-11-6-5-7-12-15)17-13-8-9-14-19-17/h1,5-9,11-14,16,18,20H,4,10H2,2H3. The summed E-state index contributed by atoms with van der Waals surface area (Å²) in [4.78, 5) is 4.49. The fourth-order valence-electron chi connectivity index (χ4n) is 2.24. The molecule has 20 heavy (non-hydrogen) atoms. The molecule has 0 spiro atoms. The van der Waals surface area contributed by atoms with Crippen molar-refractivity contribution in [2.75, 3.05) is 0 Å². The molecule has 0 amide bonds. The van der Waals surface area contributed by atoms with Crippen LogP contribution >= 0.6 is 0 Å². The van der Waals surface area contributed by atoms with Gasteiger partial charge in [0.2, 0.25) is 0 Å². The smallest absolute Gasteiger partial charge is 0.0753 e. The Bertz CT molecular complexity index is 503. The van der Waals surface area contributed by atoms with Crippen LogP contribution in [-0.4, -0.2) is 11.0 Å². The quantitative estimate of drug-likeness (QED) is 0.807. The number of aromatic nitrogens is 1. The molecule has 0 aliphatic rings. The van der Waals surface area contributed by atoms with Gasteiger partial charge in [0.25, 0.3) is 0 Å². The zero-order valence-corrected chi connectivity index (χ0v) is 11.8. The van der Waals surface area contributed by atoms with Crippen molar-refractivity contribution >= 4 is 0 Å². The van der Waals surface area contributed by atoms with Crippen LogP contribution in [0.3, 0.4) is 0 Å². The second kappa shape index (κ2) is 7.47. The summed E-state index contributed by atoms with van der Waals surface area (Å²) in [6.45, 7) is 2.15. The number of nitrogens with zero attached hydrogens (tertiary/aromatic N) is 1. The molecule has 0 bridgehead atoms. The fraction of sp³-hybridized carbons (Fsp3) is 0.278. The third-order valence-electron chi connectivity index (χ3n) is 3.38. The van der Waals surface area contributed by atoms with E-state index >= 15 is 0 Å². The third-order valence-corrected chi connectivity index (χ3v) is 3.38. The van der Waals surface area contributed by atoms with Crippen LogP contribution in [0, 0.1) is 12.3 Å². The molecule has 2 nitrogen and oxygen atoms in total. The van der Waals surface area contributed by atoms with E-state index in [2.05, 4.69) is 47.4 Å². The maximum atomic E-state index is 5.45. The van der Waals surface area contributed by atoms with Gasteiger partial charge in [-0.15, -0.1) is 12.3 Å². The van der Waals surface area contributed by atoms with E-state index in [0.29, 0.717) is 6.04 Å². The Labute approximate surface area is 121 Å². The molecular weight excluding hydrogens is 244 g/mol. The minimum atomic E-state index is 0.0794. The summed E-state index contributed by atoms with van der Waals surface area (Å²) in [5, 5.41) is 3.63. The van der Waals surface area contributed by atoms with E-state index < -0.39 is 0 Å². The van der Waals surface area contributed by atoms with Crippen LogP contribution in [-0.2, 0) is 0 Å². The lowest BCUT2D eigenvalue weighted by Crippen LogP contribution is -2.33. The van der Waals surface area contributed by atoms with Crippen molar-refractivity contribution in [3.05, 3.63) is 66.0 Å². The number of hydrogen-bond acceptors (Lipinski definition) is 2. The van der Waals surface area contributed by atoms with Gasteiger partial charge in [0.15, 0.2) is 0 Å². The molecule has 2 heteroatoms. The molecule has 0 fully saturated rings. The summed E-state index contributed by atoms with van der Waals surface area (Å²) in [6, 6.07) is 16.7. The molecule has 0 aliphatic carbocycles. The summed E-state index contributed by atoms with van der Waals surface area (Å²) in [5.74, 6) is 2.74. The maximum Gasteiger partial charge on any atom is 0.0753 e. The summed E-state index contributed by atoms with van der Waals surface area (Å²) < 4.78 is 0. The predicted octanol–water partition coefficient (Wildman–Crippen LogP) is 3.56. The molecule has 2 atom stereocenters. The van der Waals surface area contributed by atoms with E-state index in [-0.39, 0.29) is 6.04 Å². The van der Waals surface area contributed by atoms with Crippen LogP contribution in [0.5, 0.6) is 0 Å². The second-order valence-electron chi connectivity index (χ2n) is 4.78. The highest BCUT2D eigenvalue weighted by molar-refractivity contribution is 5.27. The average molecular weight is 264 g/mol. The lowest BCUT2D eigenvalue weighted by molar-refractivity contribution is 0.460. The Morgan fingerprint density at radius 3 is 2.50 bits per heavy atom. The zero-order chi connectivity index (χ0) is 14.2. The predicted molar refractivity (Wildman–Crippen MR) is 83.2 cm³/mol. The first-order chi connectivity index (χ1) is 9.85. The average Bonchev–Trinajstić information content (AvgIpc) is 2.53. The van der Waals surface area contributed by atoms with Gasteiger partial charge in [-0.05, 0) is 24.1 Å². The first kappa shape index (κ1) is 14.3. The molecular formula is C18H20N2. The minimum Gasteiger partial charge on any atom is -0.301 e. The van der Waals surface area contributed by atoms with Crippen molar-refractivity contribution in [2.45, 2.75) is 31.8 Å². The van der Waals surface area contributed by atoms with E-state index in [0.717, 1.165) is 18.5 Å². The normalized spacial score (nSPS) is 13.4. The highest BCUT2D eigenvalue weighted by atomic mass is 15.0. The Balaban J connectivity index is 2.28. The Morgan fingerprint density at radius 1 is 1.15 bits per heavy atom. The number of nitrogens with one attached hydrogen (secondary N) is 1. The monoisotopic (exact) mass is 264 g/mol. The van der Waals surface area contributed by atoms with Crippen molar-refractivity contribution in [2.24, 2.45) is 0 Å². The lowest BCUT2D eigenvalue weighted by Gasteiger charge is -2.24. The first-order valence-electron chi connectivity index (χ1n) is 7.00. The van der Waals surface area contributed by atoms with Crippen LogP contribution in [0.15, 0.2) is 54.7 Å². The van der Waals surface area contributed by atoms with Crippen molar-refractivity contribution < 1.29 is 0 Å². The number of pyridine rings is 1. The molecule has 2 unspecified atom stereocenters. The van der Waals surface area contributed by atoms with Crippen LogP contribution < -0.4 is 5.32 Å². The van der Waals surface area contributed by atoms with Crippen molar-refractivity contribution in [3.8, 4) is 12.3 Å². The SMILES string of the molecule is C#CCC(CC)NC(c1ccccc1)c1ccccn1. The summed E-state index contributed by atoms with van der Waals surface area (Å²) in [6.07, 6.45) is 9.01. The lowest BCUT2D eigenvalue weighted by atomic mass is 10.0. The Hall–Kier alpha value is -2.11. The molecule has 0 aliphatic heterocycles. The van der Waals surface area contributed by atoms with Gasteiger partial charge in [-0.2, -0.15) is 0 Å². The number of hydrogen-bond donors (Lipinski definition) is 1. The van der Waals surface area contributed by atoms with Gasteiger partial charge < -0.3 is 5.32 Å². The van der Waals surface area contributed by atoms with Crippen molar-refractivity contribution in [1.29, 1.82) is 0 Å². The van der Waals surface area contributed by atoms with E-state index in [1.165, 1.54) is 5.56 Å². The van der Waals surface area contributed by atoms with E-state index in [1.54, 1.807) is 0 Å². The molecule has 102 valence electrons. The van der Waals surface area contributed by atoms with Crippen LogP contribution in [0.1, 0.15) is 37.1 Å². The van der Waals surface area contributed by atoms with Gasteiger partial charge in [-0.3, -0.25) is 4.98 Å². The maximum absolute atomic E-state index is 5.45. The Kier molecular flexibility index (Phi) is 5.34. The molecule has 2 aromatic rings. The number of terminal acetylenes is 1. The topological polar surface area (TPSA) is 24.9 Å². The van der Waals surface area contributed by atoms with Gasteiger partial charge in [-0.25, -0.2) is 0 Å². The summed E-state index contributed by atoms with van der Waals surface area (Å²) in [7, 11) is 0. The molecule has 1 N–H and O–H groups in total. The second-order valence-corrected chi connectivity index (χ2v) is 4.78. The Morgan fingerprint density at radius 2 is 1.90 bits per heavy atom. The van der Waals surface area contributed by atoms with Crippen LogP contribution in [0.4, 0.5) is 0 Å². The zero-order valence-electron chi connectivity index (χ0n) is 11.8. The third kappa shape index (κ3) is 3.69. The number of benzene rings is 1. The van der Waals surface area contributed by atoms with E-state index in [4.69, 9.17) is 6.42 Å². The van der Waals surface area contributed by atoms with Crippen LogP contribution in [0.25, 0.3) is 0 Å². The molecule has 0 saturated heterocycles. The highest BCUT2D eigenvalue weighted by Crippen LogP contribution is 2.21.